The Morgan fingerprint density at radius 3 is 2.53 bits per heavy atom. The Morgan fingerprint density at radius 1 is 1.21 bits per heavy atom. The molecule has 1 aliphatic rings. The molecule has 0 radical (unpaired) electrons. The molecular formula is C16H24O2Se. The number of aliphatic hydroxyl groups is 1. The van der Waals surface area contributed by atoms with E-state index in [-0.39, 0.29) is 11.7 Å². The molecule has 0 spiro atoms. The van der Waals surface area contributed by atoms with Crippen molar-refractivity contribution in [1.29, 1.82) is 0 Å². The Bertz CT molecular complexity index is 385. The molecule has 1 aromatic rings. The fourth-order valence-electron chi connectivity index (χ4n) is 2.38. The van der Waals surface area contributed by atoms with Crippen LogP contribution in [-0.4, -0.2) is 38.4 Å². The molecule has 1 saturated carbocycles. The van der Waals surface area contributed by atoms with E-state index >= 15 is 0 Å². The maximum absolute atomic E-state index is 10.2. The minimum atomic E-state index is -0.145. The third-order valence-electron chi connectivity index (χ3n) is 3.35. The van der Waals surface area contributed by atoms with Crippen molar-refractivity contribution in [3.05, 3.63) is 30.3 Å². The molecule has 2 nitrogen and oxygen atoms in total. The number of hydrogen-bond donors (Lipinski definition) is 1. The van der Waals surface area contributed by atoms with E-state index in [0.717, 1.165) is 19.4 Å². The van der Waals surface area contributed by atoms with Crippen LogP contribution in [0.4, 0.5) is 0 Å². The molecule has 1 aliphatic carbocycles. The van der Waals surface area contributed by atoms with E-state index in [4.69, 9.17) is 4.74 Å². The summed E-state index contributed by atoms with van der Waals surface area (Å²) in [4.78, 5) is 0.448. The van der Waals surface area contributed by atoms with Crippen LogP contribution in [0.5, 0.6) is 0 Å². The van der Waals surface area contributed by atoms with E-state index in [0.29, 0.717) is 25.7 Å². The Kier molecular flexibility index (Phi) is 5.08. The molecule has 106 valence electrons. The Balaban J connectivity index is 1.84. The van der Waals surface area contributed by atoms with E-state index < -0.39 is 0 Å². The van der Waals surface area contributed by atoms with Crippen molar-refractivity contribution >= 4 is 19.4 Å². The van der Waals surface area contributed by atoms with Gasteiger partial charge in [-0.05, 0) is 0 Å². The van der Waals surface area contributed by atoms with Crippen molar-refractivity contribution < 1.29 is 9.84 Å². The molecule has 2 unspecified atom stereocenters. The molecule has 3 heteroatoms. The first-order chi connectivity index (χ1) is 8.94. The Labute approximate surface area is 122 Å². The van der Waals surface area contributed by atoms with Crippen LogP contribution in [0.25, 0.3) is 0 Å². The summed E-state index contributed by atoms with van der Waals surface area (Å²) in [5.74, 6) is 0.518. The van der Waals surface area contributed by atoms with Crippen molar-refractivity contribution in [1.82, 2.24) is 0 Å². The van der Waals surface area contributed by atoms with E-state index in [9.17, 15) is 5.11 Å². The molecule has 3 atom stereocenters. The van der Waals surface area contributed by atoms with E-state index in [1.807, 2.05) is 6.07 Å². The summed E-state index contributed by atoms with van der Waals surface area (Å²) in [5.41, 5.74) is -0.0758. The standard InChI is InChI=1S/C16H24O2Se/c1-16(2,3)18-11-12-9-14(17)15(10-12)19-13-7-5-4-6-8-13/h4-8,12,14-15,17H,9-11H2,1-3H3/t12-,14?,15?/m0/s1. The molecule has 0 amide bonds. The van der Waals surface area contributed by atoms with E-state index in [2.05, 4.69) is 45.0 Å². The van der Waals surface area contributed by atoms with Gasteiger partial charge in [-0.15, -0.1) is 0 Å². The monoisotopic (exact) mass is 328 g/mol. The number of aliphatic hydroxyl groups excluding tert-OH is 1. The number of ether oxygens (including phenoxy) is 1. The zero-order valence-corrected chi connectivity index (χ0v) is 13.7. The summed E-state index contributed by atoms with van der Waals surface area (Å²) in [6.07, 6.45) is 1.86. The van der Waals surface area contributed by atoms with Gasteiger partial charge in [0, 0.05) is 0 Å². The van der Waals surface area contributed by atoms with Crippen molar-refractivity contribution in [2.45, 2.75) is 50.1 Å². The molecule has 0 bridgehead atoms. The predicted molar refractivity (Wildman–Crippen MR) is 80.0 cm³/mol. The normalized spacial score (nSPS) is 27.7. The van der Waals surface area contributed by atoms with Crippen molar-refractivity contribution in [2.24, 2.45) is 5.92 Å². The van der Waals surface area contributed by atoms with Gasteiger partial charge < -0.3 is 0 Å². The van der Waals surface area contributed by atoms with Gasteiger partial charge in [0.25, 0.3) is 0 Å². The second-order valence-electron chi connectivity index (χ2n) is 6.30. The first kappa shape index (κ1) is 15.1. The van der Waals surface area contributed by atoms with Crippen LogP contribution in [0.2, 0.25) is 4.82 Å². The summed E-state index contributed by atoms with van der Waals surface area (Å²) >= 11 is 0.372. The summed E-state index contributed by atoms with van der Waals surface area (Å²) < 4.78 is 7.24. The molecule has 19 heavy (non-hydrogen) atoms. The summed E-state index contributed by atoms with van der Waals surface area (Å²) in [6, 6.07) is 10.6. The molecular weight excluding hydrogens is 303 g/mol. The molecule has 1 aromatic carbocycles. The molecule has 2 rings (SSSR count). The van der Waals surface area contributed by atoms with Crippen molar-refractivity contribution in [3.63, 3.8) is 0 Å². The zero-order valence-electron chi connectivity index (χ0n) is 12.0. The minimum absolute atomic E-state index is 0.0758. The quantitative estimate of drug-likeness (QED) is 0.861. The molecule has 0 saturated heterocycles. The van der Waals surface area contributed by atoms with Crippen LogP contribution in [0.1, 0.15) is 33.6 Å². The van der Waals surface area contributed by atoms with Crippen LogP contribution >= 0.6 is 0 Å². The second kappa shape index (κ2) is 6.41. The van der Waals surface area contributed by atoms with Gasteiger partial charge in [-0.1, -0.05) is 0 Å². The van der Waals surface area contributed by atoms with Crippen molar-refractivity contribution in [2.75, 3.05) is 6.61 Å². The van der Waals surface area contributed by atoms with Crippen LogP contribution in [0, 0.1) is 5.92 Å². The van der Waals surface area contributed by atoms with Gasteiger partial charge in [0.05, 0.1) is 0 Å². The SMILES string of the molecule is CC(C)(C)OC[C@H]1CC(O)C([Se]c2ccccc2)C1. The van der Waals surface area contributed by atoms with Gasteiger partial charge in [0.1, 0.15) is 0 Å². The second-order valence-corrected chi connectivity index (χ2v) is 9.05. The molecule has 1 N–H and O–H groups in total. The Hall–Kier alpha value is -0.341. The summed E-state index contributed by atoms with van der Waals surface area (Å²) in [6.45, 7) is 7.04. The fraction of sp³-hybridized carbons (Fsp3) is 0.625. The number of benzene rings is 1. The van der Waals surface area contributed by atoms with Crippen LogP contribution in [0.15, 0.2) is 30.3 Å². The molecule has 0 aliphatic heterocycles. The molecule has 0 aromatic heterocycles. The van der Waals surface area contributed by atoms with E-state index in [1.54, 1.807) is 0 Å². The molecule has 1 fully saturated rings. The van der Waals surface area contributed by atoms with Gasteiger partial charge in [-0.3, -0.25) is 0 Å². The first-order valence-electron chi connectivity index (χ1n) is 6.98. The topological polar surface area (TPSA) is 29.5 Å². The zero-order chi connectivity index (χ0) is 13.9. The predicted octanol–water partition coefficient (Wildman–Crippen LogP) is 2.39. The van der Waals surface area contributed by atoms with Gasteiger partial charge >= 0.3 is 122 Å². The van der Waals surface area contributed by atoms with Gasteiger partial charge in [0.15, 0.2) is 0 Å². The van der Waals surface area contributed by atoms with E-state index in [1.165, 1.54) is 4.46 Å². The van der Waals surface area contributed by atoms with Crippen LogP contribution < -0.4 is 4.46 Å². The fourth-order valence-corrected chi connectivity index (χ4v) is 5.11. The van der Waals surface area contributed by atoms with Crippen LogP contribution in [-0.2, 0) is 4.74 Å². The average Bonchev–Trinajstić information content (AvgIpc) is 2.68. The Morgan fingerprint density at radius 2 is 1.89 bits per heavy atom. The maximum atomic E-state index is 10.2. The average molecular weight is 327 g/mol. The number of rotatable bonds is 4. The third-order valence-corrected chi connectivity index (χ3v) is 6.19. The molecule has 0 heterocycles. The van der Waals surface area contributed by atoms with Gasteiger partial charge in [-0.25, -0.2) is 0 Å². The van der Waals surface area contributed by atoms with Crippen molar-refractivity contribution in [3.8, 4) is 0 Å². The first-order valence-corrected chi connectivity index (χ1v) is 8.82. The van der Waals surface area contributed by atoms with Gasteiger partial charge in [0.2, 0.25) is 0 Å². The van der Waals surface area contributed by atoms with Crippen LogP contribution in [0.3, 0.4) is 0 Å². The van der Waals surface area contributed by atoms with Gasteiger partial charge in [-0.2, -0.15) is 0 Å². The summed E-state index contributed by atoms with van der Waals surface area (Å²) in [5, 5.41) is 10.2. The number of hydrogen-bond acceptors (Lipinski definition) is 2. The third kappa shape index (κ3) is 4.92. The summed E-state index contributed by atoms with van der Waals surface area (Å²) in [7, 11) is 0.